The highest BCUT2D eigenvalue weighted by molar-refractivity contribution is 5.85. The molecule has 0 fully saturated rings. The normalized spacial score (nSPS) is 10.8. The molecular weight excluding hydrogens is 181 g/mol. The second kappa shape index (κ2) is 3.33. The van der Waals surface area contributed by atoms with Crippen molar-refractivity contribution in [2.45, 2.75) is 13.6 Å². The maximum absolute atomic E-state index is 12.6. The molecule has 2 aromatic rings. The standard InChI is InChI=1S/C11H12FNO/c1-7-6-13-10-3-8(5-12)11(14-2)4-9(7)10/h3-4,6,13H,5H2,1-2H3. The molecule has 0 atom stereocenters. The number of H-pyrrole nitrogens is 1. The van der Waals surface area contributed by atoms with E-state index in [4.69, 9.17) is 4.74 Å². The minimum absolute atomic E-state index is 0.503. The van der Waals surface area contributed by atoms with E-state index in [1.54, 1.807) is 13.2 Å². The minimum atomic E-state index is -0.503. The van der Waals surface area contributed by atoms with E-state index in [1.165, 1.54) is 0 Å². The molecule has 1 aromatic heterocycles. The number of aryl methyl sites for hydroxylation is 1. The van der Waals surface area contributed by atoms with Gasteiger partial charge >= 0.3 is 0 Å². The zero-order valence-corrected chi connectivity index (χ0v) is 8.23. The van der Waals surface area contributed by atoms with Crippen LogP contribution >= 0.6 is 0 Å². The van der Waals surface area contributed by atoms with Gasteiger partial charge in [-0.1, -0.05) is 0 Å². The van der Waals surface area contributed by atoms with Crippen molar-refractivity contribution < 1.29 is 9.13 Å². The first kappa shape index (κ1) is 9.06. The van der Waals surface area contributed by atoms with Gasteiger partial charge in [0, 0.05) is 22.7 Å². The van der Waals surface area contributed by atoms with Gasteiger partial charge in [-0.15, -0.1) is 0 Å². The Labute approximate surface area is 81.7 Å². The highest BCUT2D eigenvalue weighted by atomic mass is 19.1. The molecule has 0 saturated heterocycles. The fourth-order valence-electron chi connectivity index (χ4n) is 1.63. The smallest absolute Gasteiger partial charge is 0.125 e. The number of fused-ring (bicyclic) bond motifs is 1. The number of aromatic nitrogens is 1. The molecule has 0 aliphatic heterocycles. The number of ether oxygens (including phenoxy) is 1. The van der Waals surface area contributed by atoms with Crippen LogP contribution in [0.2, 0.25) is 0 Å². The molecule has 0 unspecified atom stereocenters. The summed E-state index contributed by atoms with van der Waals surface area (Å²) in [5, 5.41) is 1.08. The zero-order chi connectivity index (χ0) is 10.1. The van der Waals surface area contributed by atoms with Crippen LogP contribution in [-0.4, -0.2) is 12.1 Å². The van der Waals surface area contributed by atoms with Crippen molar-refractivity contribution in [1.82, 2.24) is 4.98 Å². The average Bonchev–Trinajstić information content (AvgIpc) is 2.58. The Hall–Kier alpha value is -1.51. The van der Waals surface area contributed by atoms with Gasteiger partial charge in [0.25, 0.3) is 0 Å². The van der Waals surface area contributed by atoms with E-state index in [9.17, 15) is 4.39 Å². The molecule has 1 heterocycles. The summed E-state index contributed by atoms with van der Waals surface area (Å²) in [5.41, 5.74) is 2.68. The van der Waals surface area contributed by atoms with Gasteiger partial charge in [0.15, 0.2) is 0 Å². The SMILES string of the molecule is COc1cc2c(C)c[nH]c2cc1CF. The number of benzene rings is 1. The molecule has 0 aliphatic carbocycles. The maximum atomic E-state index is 12.6. The number of alkyl halides is 1. The van der Waals surface area contributed by atoms with E-state index in [0.717, 1.165) is 16.5 Å². The first-order valence-electron chi connectivity index (χ1n) is 4.47. The van der Waals surface area contributed by atoms with E-state index in [-0.39, 0.29) is 0 Å². The Balaban J connectivity index is 2.71. The fraction of sp³-hybridized carbons (Fsp3) is 0.273. The third-order valence-electron chi connectivity index (χ3n) is 2.43. The molecule has 2 rings (SSSR count). The number of halogens is 1. The predicted octanol–water partition coefficient (Wildman–Crippen LogP) is 2.95. The van der Waals surface area contributed by atoms with Crippen molar-refractivity contribution in [2.24, 2.45) is 0 Å². The molecule has 2 nitrogen and oxygen atoms in total. The van der Waals surface area contributed by atoms with Gasteiger partial charge in [-0.3, -0.25) is 0 Å². The summed E-state index contributed by atoms with van der Waals surface area (Å²) in [4.78, 5) is 3.09. The molecule has 1 N–H and O–H groups in total. The summed E-state index contributed by atoms with van der Waals surface area (Å²) in [6, 6.07) is 3.66. The van der Waals surface area contributed by atoms with Crippen LogP contribution in [0.4, 0.5) is 4.39 Å². The predicted molar refractivity (Wildman–Crippen MR) is 54.4 cm³/mol. The average molecular weight is 193 g/mol. The van der Waals surface area contributed by atoms with Gasteiger partial charge in [0.05, 0.1) is 7.11 Å². The summed E-state index contributed by atoms with van der Waals surface area (Å²) < 4.78 is 17.7. The molecule has 0 saturated carbocycles. The highest BCUT2D eigenvalue weighted by Crippen LogP contribution is 2.27. The van der Waals surface area contributed by atoms with Crippen LogP contribution in [-0.2, 0) is 6.67 Å². The molecule has 0 amide bonds. The van der Waals surface area contributed by atoms with Gasteiger partial charge < -0.3 is 9.72 Å². The number of rotatable bonds is 2. The van der Waals surface area contributed by atoms with Crippen molar-refractivity contribution >= 4 is 10.9 Å². The van der Waals surface area contributed by atoms with Crippen molar-refractivity contribution in [3.05, 3.63) is 29.5 Å². The van der Waals surface area contributed by atoms with Crippen LogP contribution in [0.5, 0.6) is 5.75 Å². The molecule has 0 radical (unpaired) electrons. The number of hydrogen-bond acceptors (Lipinski definition) is 1. The van der Waals surface area contributed by atoms with Crippen LogP contribution in [0, 0.1) is 6.92 Å². The Morgan fingerprint density at radius 3 is 2.86 bits per heavy atom. The lowest BCUT2D eigenvalue weighted by atomic mass is 10.1. The molecule has 0 aliphatic rings. The second-order valence-electron chi connectivity index (χ2n) is 3.31. The quantitative estimate of drug-likeness (QED) is 0.779. The van der Waals surface area contributed by atoms with E-state index < -0.39 is 6.67 Å². The van der Waals surface area contributed by atoms with Gasteiger partial charge in [-0.05, 0) is 24.6 Å². The first-order chi connectivity index (χ1) is 6.76. The number of hydrogen-bond donors (Lipinski definition) is 1. The van der Waals surface area contributed by atoms with Gasteiger partial charge in [-0.2, -0.15) is 0 Å². The lowest BCUT2D eigenvalue weighted by Crippen LogP contribution is -1.89. The lowest BCUT2D eigenvalue weighted by molar-refractivity contribution is 0.395. The molecule has 1 aromatic carbocycles. The minimum Gasteiger partial charge on any atom is -0.496 e. The van der Waals surface area contributed by atoms with Gasteiger partial charge in [-0.25, -0.2) is 4.39 Å². The zero-order valence-electron chi connectivity index (χ0n) is 8.23. The third-order valence-corrected chi connectivity index (χ3v) is 2.43. The topological polar surface area (TPSA) is 25.0 Å². The molecule has 14 heavy (non-hydrogen) atoms. The summed E-state index contributed by atoms with van der Waals surface area (Å²) in [5.74, 6) is 0.614. The molecule has 0 bridgehead atoms. The maximum Gasteiger partial charge on any atom is 0.125 e. The number of nitrogens with one attached hydrogen (secondary N) is 1. The monoisotopic (exact) mass is 193 g/mol. The highest BCUT2D eigenvalue weighted by Gasteiger charge is 2.07. The summed E-state index contributed by atoms with van der Waals surface area (Å²) in [6.45, 7) is 1.50. The van der Waals surface area contributed by atoms with Gasteiger partial charge in [0.2, 0.25) is 0 Å². The van der Waals surface area contributed by atoms with E-state index >= 15 is 0 Å². The summed E-state index contributed by atoms with van der Waals surface area (Å²) in [7, 11) is 1.56. The molecule has 0 spiro atoms. The van der Waals surface area contributed by atoms with Crippen LogP contribution < -0.4 is 4.74 Å². The van der Waals surface area contributed by atoms with E-state index in [0.29, 0.717) is 11.3 Å². The lowest BCUT2D eigenvalue weighted by Gasteiger charge is -2.05. The Morgan fingerprint density at radius 1 is 1.43 bits per heavy atom. The van der Waals surface area contributed by atoms with E-state index in [2.05, 4.69) is 4.98 Å². The molecule has 3 heteroatoms. The van der Waals surface area contributed by atoms with Crippen LogP contribution in [0.1, 0.15) is 11.1 Å². The Bertz CT molecular complexity index is 462. The second-order valence-corrected chi connectivity index (χ2v) is 3.31. The van der Waals surface area contributed by atoms with Gasteiger partial charge in [0.1, 0.15) is 12.4 Å². The first-order valence-corrected chi connectivity index (χ1v) is 4.47. The van der Waals surface area contributed by atoms with Crippen LogP contribution in [0.25, 0.3) is 10.9 Å². The molecule has 74 valence electrons. The van der Waals surface area contributed by atoms with E-state index in [1.807, 2.05) is 19.2 Å². The number of methoxy groups -OCH3 is 1. The van der Waals surface area contributed by atoms with Crippen molar-refractivity contribution in [1.29, 1.82) is 0 Å². The number of aromatic amines is 1. The molecular formula is C11H12FNO. The van der Waals surface area contributed by atoms with Crippen LogP contribution in [0.3, 0.4) is 0 Å². The van der Waals surface area contributed by atoms with Crippen LogP contribution in [0.15, 0.2) is 18.3 Å². The third kappa shape index (κ3) is 1.25. The van der Waals surface area contributed by atoms with Crippen molar-refractivity contribution in [3.63, 3.8) is 0 Å². The Kier molecular flexibility index (Phi) is 2.15. The van der Waals surface area contributed by atoms with Crippen molar-refractivity contribution in [2.75, 3.05) is 7.11 Å². The summed E-state index contributed by atoms with van der Waals surface area (Å²) >= 11 is 0. The van der Waals surface area contributed by atoms with Crippen molar-refractivity contribution in [3.8, 4) is 5.75 Å². The largest absolute Gasteiger partial charge is 0.496 e. The Morgan fingerprint density at radius 2 is 2.21 bits per heavy atom. The fourth-order valence-corrected chi connectivity index (χ4v) is 1.63. The summed E-state index contributed by atoms with van der Waals surface area (Å²) in [6.07, 6.45) is 1.91.